The average Bonchev–Trinajstić information content (AvgIpc) is 3.06. The summed E-state index contributed by atoms with van der Waals surface area (Å²) >= 11 is 5.90. The highest BCUT2D eigenvalue weighted by Gasteiger charge is 2.34. The molecule has 1 unspecified atom stereocenters. The van der Waals surface area contributed by atoms with Crippen LogP contribution in [0.25, 0.3) is 0 Å². The first-order valence-corrected chi connectivity index (χ1v) is 10.9. The number of aliphatic hydroxyl groups excluding tert-OH is 2. The Balaban J connectivity index is 1.74. The number of aliphatic hydroxyl groups is 2. The molecule has 0 amide bonds. The highest BCUT2D eigenvalue weighted by molar-refractivity contribution is 6.30. The van der Waals surface area contributed by atoms with Crippen LogP contribution in [0.15, 0.2) is 36.4 Å². The number of ether oxygens (including phenoxy) is 3. The molecule has 7 heteroatoms. The lowest BCUT2D eigenvalue weighted by Gasteiger charge is -2.14. The minimum absolute atomic E-state index is 0.00638. The van der Waals surface area contributed by atoms with E-state index in [2.05, 4.69) is 11.8 Å². The standard InChI is InChI=1S/C24H31ClO6/c1-17(2)31-24(28)11-6-4-3-5-10-21-22(27)16-30-23(21)13-12-19(26)15-29-20-9-7-8-18(25)14-20/h3,5,7-9,14,17,19,21-23,26-27H,4,6,10-11,15-16H2,1-2H3/b5-3-/t19-,21-,22-,23?/m0/s1. The van der Waals surface area contributed by atoms with E-state index >= 15 is 0 Å². The van der Waals surface area contributed by atoms with Gasteiger partial charge in [-0.2, -0.15) is 0 Å². The molecule has 0 radical (unpaired) electrons. The Labute approximate surface area is 189 Å². The lowest BCUT2D eigenvalue weighted by molar-refractivity contribution is -0.147. The SMILES string of the molecule is CC(C)OC(=O)CCC/C=C\C[C@@H]1C(C#C[C@H](O)COc2cccc(Cl)c2)OC[C@@H]1O. The van der Waals surface area contributed by atoms with Gasteiger partial charge in [0.1, 0.15) is 24.6 Å². The first-order valence-electron chi connectivity index (χ1n) is 10.6. The van der Waals surface area contributed by atoms with Crippen LogP contribution in [0.1, 0.15) is 39.5 Å². The van der Waals surface area contributed by atoms with E-state index in [9.17, 15) is 15.0 Å². The van der Waals surface area contributed by atoms with Crippen LogP contribution in [0, 0.1) is 17.8 Å². The van der Waals surface area contributed by atoms with Gasteiger partial charge in [-0.3, -0.25) is 4.79 Å². The van der Waals surface area contributed by atoms with Gasteiger partial charge in [0.05, 0.1) is 18.8 Å². The number of halogens is 1. The summed E-state index contributed by atoms with van der Waals surface area (Å²) in [5.41, 5.74) is 0. The van der Waals surface area contributed by atoms with Crippen molar-refractivity contribution in [3.8, 4) is 17.6 Å². The molecule has 2 N–H and O–H groups in total. The molecule has 0 aromatic heterocycles. The summed E-state index contributed by atoms with van der Waals surface area (Å²) in [5, 5.41) is 20.8. The van der Waals surface area contributed by atoms with Crippen molar-refractivity contribution in [2.24, 2.45) is 5.92 Å². The zero-order valence-electron chi connectivity index (χ0n) is 18.0. The molecule has 6 nitrogen and oxygen atoms in total. The van der Waals surface area contributed by atoms with Crippen molar-refractivity contribution in [3.05, 3.63) is 41.4 Å². The third-order valence-electron chi connectivity index (χ3n) is 4.62. The lowest BCUT2D eigenvalue weighted by Crippen LogP contribution is -2.23. The van der Waals surface area contributed by atoms with Gasteiger partial charge in [0.2, 0.25) is 0 Å². The Kier molecular flexibility index (Phi) is 10.9. The van der Waals surface area contributed by atoms with E-state index in [1.165, 1.54) is 0 Å². The number of carbonyl (C=O) groups excluding carboxylic acids is 1. The van der Waals surface area contributed by atoms with Gasteiger partial charge in [-0.15, -0.1) is 0 Å². The van der Waals surface area contributed by atoms with Crippen molar-refractivity contribution in [2.45, 2.75) is 63.9 Å². The Morgan fingerprint density at radius 1 is 1.39 bits per heavy atom. The molecular formula is C24H31ClO6. The van der Waals surface area contributed by atoms with Gasteiger partial charge in [0, 0.05) is 17.4 Å². The molecule has 2 rings (SSSR count). The molecule has 1 fully saturated rings. The van der Waals surface area contributed by atoms with Gasteiger partial charge >= 0.3 is 5.97 Å². The molecule has 0 aliphatic carbocycles. The van der Waals surface area contributed by atoms with Crippen molar-refractivity contribution in [1.82, 2.24) is 0 Å². The fourth-order valence-corrected chi connectivity index (χ4v) is 3.27. The smallest absolute Gasteiger partial charge is 0.306 e. The maximum Gasteiger partial charge on any atom is 0.306 e. The molecule has 0 spiro atoms. The Morgan fingerprint density at radius 2 is 2.19 bits per heavy atom. The van der Waals surface area contributed by atoms with E-state index in [-0.39, 0.29) is 31.2 Å². The van der Waals surface area contributed by atoms with Gasteiger partial charge < -0.3 is 24.4 Å². The second-order valence-corrected chi connectivity index (χ2v) is 8.13. The Bertz CT molecular complexity index is 782. The van der Waals surface area contributed by atoms with Crippen LogP contribution < -0.4 is 4.74 Å². The quantitative estimate of drug-likeness (QED) is 0.245. The van der Waals surface area contributed by atoms with Crippen LogP contribution >= 0.6 is 11.6 Å². The summed E-state index contributed by atoms with van der Waals surface area (Å²) in [6.45, 7) is 3.88. The van der Waals surface area contributed by atoms with Crippen LogP contribution in [-0.4, -0.2) is 53.8 Å². The van der Waals surface area contributed by atoms with E-state index in [4.69, 9.17) is 25.8 Å². The van der Waals surface area contributed by atoms with E-state index in [0.717, 1.165) is 6.42 Å². The summed E-state index contributed by atoms with van der Waals surface area (Å²) in [4.78, 5) is 11.5. The van der Waals surface area contributed by atoms with Gasteiger partial charge in [0.25, 0.3) is 0 Å². The van der Waals surface area contributed by atoms with Crippen molar-refractivity contribution in [2.75, 3.05) is 13.2 Å². The maximum absolute atomic E-state index is 11.5. The first-order chi connectivity index (χ1) is 14.8. The molecule has 1 aromatic carbocycles. The van der Waals surface area contributed by atoms with Crippen molar-refractivity contribution < 1.29 is 29.2 Å². The van der Waals surface area contributed by atoms with Gasteiger partial charge in [-0.05, 0) is 51.3 Å². The third-order valence-corrected chi connectivity index (χ3v) is 4.85. The van der Waals surface area contributed by atoms with Crippen molar-refractivity contribution >= 4 is 17.6 Å². The predicted molar refractivity (Wildman–Crippen MR) is 119 cm³/mol. The summed E-state index contributed by atoms with van der Waals surface area (Å²) in [6, 6.07) is 6.91. The largest absolute Gasteiger partial charge is 0.490 e. The minimum atomic E-state index is -0.984. The van der Waals surface area contributed by atoms with E-state index < -0.39 is 18.3 Å². The van der Waals surface area contributed by atoms with E-state index in [0.29, 0.717) is 30.0 Å². The van der Waals surface area contributed by atoms with E-state index in [1.807, 2.05) is 26.0 Å². The van der Waals surface area contributed by atoms with Gasteiger partial charge in [-0.1, -0.05) is 41.7 Å². The summed E-state index contributed by atoms with van der Waals surface area (Å²) in [5.74, 6) is 5.85. The Morgan fingerprint density at radius 3 is 2.94 bits per heavy atom. The second kappa shape index (κ2) is 13.4. The van der Waals surface area contributed by atoms with Crippen molar-refractivity contribution in [3.63, 3.8) is 0 Å². The zero-order valence-corrected chi connectivity index (χ0v) is 18.8. The second-order valence-electron chi connectivity index (χ2n) is 7.70. The molecule has 4 atom stereocenters. The Hall–Kier alpha value is -2.04. The minimum Gasteiger partial charge on any atom is -0.490 e. The van der Waals surface area contributed by atoms with Crippen LogP contribution in [0.5, 0.6) is 5.75 Å². The third kappa shape index (κ3) is 9.75. The van der Waals surface area contributed by atoms with Crippen LogP contribution in [0.2, 0.25) is 5.02 Å². The fourth-order valence-electron chi connectivity index (χ4n) is 3.09. The lowest BCUT2D eigenvalue weighted by atomic mass is 9.95. The van der Waals surface area contributed by atoms with Gasteiger partial charge in [0.15, 0.2) is 0 Å². The molecule has 1 aliphatic heterocycles. The fraction of sp³-hybridized carbons (Fsp3) is 0.542. The molecule has 1 saturated heterocycles. The molecule has 0 bridgehead atoms. The average molecular weight is 451 g/mol. The summed E-state index contributed by atoms with van der Waals surface area (Å²) in [7, 11) is 0. The van der Waals surface area contributed by atoms with E-state index in [1.54, 1.807) is 24.3 Å². The first kappa shape index (κ1) is 25.2. The number of hydrogen-bond acceptors (Lipinski definition) is 6. The molecule has 31 heavy (non-hydrogen) atoms. The molecule has 1 aliphatic rings. The number of benzene rings is 1. The highest BCUT2D eigenvalue weighted by atomic mass is 35.5. The number of rotatable bonds is 10. The monoisotopic (exact) mass is 450 g/mol. The predicted octanol–water partition coefficient (Wildman–Crippen LogP) is 3.53. The topological polar surface area (TPSA) is 85.2 Å². The van der Waals surface area contributed by atoms with Gasteiger partial charge in [-0.25, -0.2) is 0 Å². The number of unbranched alkanes of at least 4 members (excludes halogenated alkanes) is 1. The number of allylic oxidation sites excluding steroid dienone is 2. The summed E-state index contributed by atoms with van der Waals surface area (Å²) in [6.07, 6.45) is 4.30. The van der Waals surface area contributed by atoms with Crippen LogP contribution in [0.3, 0.4) is 0 Å². The number of esters is 1. The zero-order chi connectivity index (χ0) is 22.6. The molecule has 0 saturated carbocycles. The molecule has 1 heterocycles. The number of hydrogen-bond donors (Lipinski definition) is 2. The highest BCUT2D eigenvalue weighted by Crippen LogP contribution is 2.25. The van der Waals surface area contributed by atoms with Crippen molar-refractivity contribution in [1.29, 1.82) is 0 Å². The maximum atomic E-state index is 11.5. The summed E-state index contributed by atoms with van der Waals surface area (Å²) < 4.78 is 16.1. The van der Waals surface area contributed by atoms with Crippen LogP contribution in [-0.2, 0) is 14.3 Å². The normalized spacial score (nSPS) is 21.7. The molecular weight excluding hydrogens is 420 g/mol. The molecule has 1 aromatic rings. The molecule has 170 valence electrons. The van der Waals surface area contributed by atoms with Crippen LogP contribution in [0.4, 0.5) is 0 Å². The number of carbonyl (C=O) groups is 1.